The lowest BCUT2D eigenvalue weighted by atomic mass is 10.0. The van der Waals surface area contributed by atoms with E-state index in [0.29, 0.717) is 17.7 Å². The summed E-state index contributed by atoms with van der Waals surface area (Å²) in [5.41, 5.74) is 4.50. The van der Waals surface area contributed by atoms with E-state index in [1.807, 2.05) is 35.8 Å². The zero-order valence-corrected chi connectivity index (χ0v) is 17.3. The molecule has 3 rings (SSSR count). The van der Waals surface area contributed by atoms with Crippen LogP contribution in [0.15, 0.2) is 48.5 Å². The summed E-state index contributed by atoms with van der Waals surface area (Å²) >= 11 is 5.36. The number of aromatic amines is 1. The molecule has 2 aromatic carbocycles. The minimum absolute atomic E-state index is 0.00498. The summed E-state index contributed by atoms with van der Waals surface area (Å²) in [7, 11) is 0. The van der Waals surface area contributed by atoms with Crippen LogP contribution in [0.25, 0.3) is 11.4 Å². The van der Waals surface area contributed by atoms with Gasteiger partial charge >= 0.3 is 0 Å². The molecule has 0 aliphatic carbocycles. The van der Waals surface area contributed by atoms with Crippen molar-refractivity contribution in [1.29, 1.82) is 0 Å². The van der Waals surface area contributed by atoms with Crippen molar-refractivity contribution >= 4 is 18.1 Å². The number of hydrogen-bond acceptors (Lipinski definition) is 3. The first-order valence-corrected chi connectivity index (χ1v) is 9.97. The monoisotopic (exact) mass is 394 g/mol. The van der Waals surface area contributed by atoms with Gasteiger partial charge in [-0.25, -0.2) is 0 Å². The highest BCUT2D eigenvalue weighted by atomic mass is 32.1. The lowest BCUT2D eigenvalue weighted by Gasteiger charge is -2.18. The summed E-state index contributed by atoms with van der Waals surface area (Å²) in [6, 6.07) is 16.4. The number of carbonyl (C=O) groups is 1. The lowest BCUT2D eigenvalue weighted by molar-refractivity contribution is -0.122. The third-order valence-corrected chi connectivity index (χ3v) is 5.17. The van der Waals surface area contributed by atoms with E-state index < -0.39 is 0 Å². The van der Waals surface area contributed by atoms with E-state index in [2.05, 4.69) is 53.6 Å². The fraction of sp³-hybridized carbons (Fsp3) is 0.318. The second-order valence-corrected chi connectivity index (χ2v) is 7.45. The Morgan fingerprint density at radius 3 is 2.32 bits per heavy atom. The zero-order valence-electron chi connectivity index (χ0n) is 16.5. The van der Waals surface area contributed by atoms with Gasteiger partial charge in [0.15, 0.2) is 10.6 Å². The van der Waals surface area contributed by atoms with Crippen LogP contribution in [0, 0.1) is 18.6 Å². The Balaban J connectivity index is 1.67. The fourth-order valence-corrected chi connectivity index (χ4v) is 3.37. The predicted octanol–water partition coefficient (Wildman–Crippen LogP) is 4.88. The van der Waals surface area contributed by atoms with Crippen LogP contribution >= 0.6 is 12.2 Å². The zero-order chi connectivity index (χ0) is 20.1. The van der Waals surface area contributed by atoms with Gasteiger partial charge in [-0.3, -0.25) is 14.5 Å². The number of benzene rings is 2. The van der Waals surface area contributed by atoms with Crippen molar-refractivity contribution in [2.45, 2.75) is 46.2 Å². The predicted molar refractivity (Wildman–Crippen MR) is 115 cm³/mol. The second kappa shape index (κ2) is 8.97. The molecule has 1 aromatic heterocycles. The molecule has 0 saturated heterocycles. The molecule has 1 atom stereocenters. The standard InChI is InChI=1S/C22H26N4OS/c1-4-19(17-9-5-15(2)6-10-17)23-20(27)13-14-26-21(24-25-22(26)28)18-11-7-16(3)8-12-18/h5-12,19H,4,13-14H2,1-3H3,(H,23,27)(H,25,28). The number of rotatable bonds is 7. The highest BCUT2D eigenvalue weighted by molar-refractivity contribution is 7.71. The molecule has 28 heavy (non-hydrogen) atoms. The Bertz CT molecular complexity index is 987. The summed E-state index contributed by atoms with van der Waals surface area (Å²) in [5, 5.41) is 10.3. The van der Waals surface area contributed by atoms with Crippen LogP contribution in [0.5, 0.6) is 0 Å². The Kier molecular flexibility index (Phi) is 6.41. The Morgan fingerprint density at radius 1 is 1.11 bits per heavy atom. The normalized spacial score (nSPS) is 12.0. The molecular weight excluding hydrogens is 368 g/mol. The maximum Gasteiger partial charge on any atom is 0.222 e. The van der Waals surface area contributed by atoms with Gasteiger partial charge in [0.1, 0.15) is 0 Å². The number of hydrogen-bond donors (Lipinski definition) is 2. The van der Waals surface area contributed by atoms with Crippen molar-refractivity contribution in [3.8, 4) is 11.4 Å². The molecule has 1 unspecified atom stereocenters. The molecule has 0 saturated carbocycles. The van der Waals surface area contributed by atoms with Gasteiger partial charge in [0.05, 0.1) is 6.04 Å². The van der Waals surface area contributed by atoms with Gasteiger partial charge in [-0.1, -0.05) is 66.6 Å². The maximum absolute atomic E-state index is 12.6. The highest BCUT2D eigenvalue weighted by Crippen LogP contribution is 2.19. The molecule has 0 aliphatic heterocycles. The van der Waals surface area contributed by atoms with Gasteiger partial charge in [-0.2, -0.15) is 5.10 Å². The van der Waals surface area contributed by atoms with E-state index in [0.717, 1.165) is 23.4 Å². The van der Waals surface area contributed by atoms with Crippen LogP contribution in [0.3, 0.4) is 0 Å². The summed E-state index contributed by atoms with van der Waals surface area (Å²) in [6.07, 6.45) is 1.18. The molecule has 5 nitrogen and oxygen atoms in total. The number of aryl methyl sites for hydroxylation is 2. The molecule has 0 aliphatic rings. The van der Waals surface area contributed by atoms with Crippen molar-refractivity contribution in [3.63, 3.8) is 0 Å². The molecule has 1 amide bonds. The molecule has 0 fully saturated rings. The molecule has 2 N–H and O–H groups in total. The van der Waals surface area contributed by atoms with Crippen LogP contribution in [0.2, 0.25) is 0 Å². The van der Waals surface area contributed by atoms with Gasteiger partial charge in [0.2, 0.25) is 5.91 Å². The van der Waals surface area contributed by atoms with Crippen LogP contribution < -0.4 is 5.32 Å². The third kappa shape index (κ3) is 4.75. The first-order chi connectivity index (χ1) is 13.5. The summed E-state index contributed by atoms with van der Waals surface area (Å²) in [4.78, 5) is 12.6. The van der Waals surface area contributed by atoms with Crippen LogP contribution in [0.1, 0.15) is 42.5 Å². The molecule has 6 heteroatoms. The van der Waals surface area contributed by atoms with E-state index in [1.54, 1.807) is 0 Å². The molecule has 1 heterocycles. The van der Waals surface area contributed by atoms with E-state index in [9.17, 15) is 4.79 Å². The number of carbonyl (C=O) groups excluding carboxylic acids is 1. The van der Waals surface area contributed by atoms with Gasteiger partial charge in [-0.05, 0) is 38.0 Å². The summed E-state index contributed by atoms with van der Waals surface area (Å²) in [5.74, 6) is 0.758. The first kappa shape index (κ1) is 20.0. The molecular formula is C22H26N4OS. The number of nitrogens with zero attached hydrogens (tertiary/aromatic N) is 2. The fourth-order valence-electron chi connectivity index (χ4n) is 3.15. The minimum Gasteiger partial charge on any atom is -0.349 e. The van der Waals surface area contributed by atoms with Crippen molar-refractivity contribution in [1.82, 2.24) is 20.1 Å². The average Bonchev–Trinajstić information content (AvgIpc) is 3.06. The largest absolute Gasteiger partial charge is 0.349 e. The van der Waals surface area contributed by atoms with Crippen molar-refractivity contribution < 1.29 is 4.79 Å². The number of H-pyrrole nitrogens is 1. The summed E-state index contributed by atoms with van der Waals surface area (Å²) in [6.45, 7) is 6.66. The molecule has 0 bridgehead atoms. The van der Waals surface area contributed by atoms with Crippen LogP contribution in [0.4, 0.5) is 0 Å². The third-order valence-electron chi connectivity index (χ3n) is 4.85. The van der Waals surface area contributed by atoms with Gasteiger partial charge in [0, 0.05) is 18.5 Å². The molecule has 3 aromatic rings. The Morgan fingerprint density at radius 2 is 1.71 bits per heavy atom. The van der Waals surface area contributed by atoms with Crippen LogP contribution in [-0.2, 0) is 11.3 Å². The lowest BCUT2D eigenvalue weighted by Crippen LogP contribution is -2.29. The molecule has 0 spiro atoms. The summed E-state index contributed by atoms with van der Waals surface area (Å²) < 4.78 is 2.40. The van der Waals surface area contributed by atoms with Gasteiger partial charge < -0.3 is 5.32 Å². The average molecular weight is 395 g/mol. The minimum atomic E-state index is 0.00498. The number of aromatic nitrogens is 3. The van der Waals surface area contributed by atoms with Crippen molar-refractivity contribution in [2.75, 3.05) is 0 Å². The van der Waals surface area contributed by atoms with E-state index in [4.69, 9.17) is 12.2 Å². The van der Waals surface area contributed by atoms with Gasteiger partial charge in [-0.15, -0.1) is 0 Å². The molecule has 146 valence electrons. The Labute approximate surface area is 170 Å². The first-order valence-electron chi connectivity index (χ1n) is 9.56. The van der Waals surface area contributed by atoms with Crippen LogP contribution in [-0.4, -0.2) is 20.7 Å². The van der Waals surface area contributed by atoms with E-state index in [-0.39, 0.29) is 11.9 Å². The van der Waals surface area contributed by atoms with E-state index in [1.165, 1.54) is 11.1 Å². The molecule has 0 radical (unpaired) electrons. The van der Waals surface area contributed by atoms with Crippen molar-refractivity contribution in [3.05, 3.63) is 70.0 Å². The second-order valence-electron chi connectivity index (χ2n) is 7.06. The SMILES string of the molecule is CCC(NC(=O)CCn1c(-c2ccc(C)cc2)n[nH]c1=S)c1ccc(C)cc1. The maximum atomic E-state index is 12.6. The van der Waals surface area contributed by atoms with Gasteiger partial charge in [0.25, 0.3) is 0 Å². The highest BCUT2D eigenvalue weighted by Gasteiger charge is 2.14. The topological polar surface area (TPSA) is 62.7 Å². The quantitative estimate of drug-likeness (QED) is 0.561. The van der Waals surface area contributed by atoms with E-state index >= 15 is 0 Å². The number of amides is 1. The van der Waals surface area contributed by atoms with Crippen molar-refractivity contribution in [2.24, 2.45) is 0 Å². The number of nitrogens with one attached hydrogen (secondary N) is 2. The Hall–Kier alpha value is -2.73. The smallest absolute Gasteiger partial charge is 0.222 e.